The zero-order valence-corrected chi connectivity index (χ0v) is 10.8. The molecule has 1 aromatic carbocycles. The number of rotatable bonds is 4. The summed E-state index contributed by atoms with van der Waals surface area (Å²) in [5.41, 5.74) is 7.92. The molecule has 1 aromatic heterocycles. The molecule has 1 atom stereocenters. The molecule has 4 heteroatoms. The molecule has 0 saturated carbocycles. The summed E-state index contributed by atoms with van der Waals surface area (Å²) in [6.07, 6.45) is 2.57. The van der Waals surface area contributed by atoms with Gasteiger partial charge >= 0.3 is 0 Å². The lowest BCUT2D eigenvalue weighted by Gasteiger charge is -2.05. The molecule has 0 bridgehead atoms. The Bertz CT molecular complexity index is 476. The van der Waals surface area contributed by atoms with Crippen LogP contribution in [0.1, 0.15) is 18.2 Å². The Morgan fingerprint density at radius 1 is 1.35 bits per heavy atom. The first-order valence-electron chi connectivity index (χ1n) is 5.58. The summed E-state index contributed by atoms with van der Waals surface area (Å²) >= 11 is 1.53. The highest BCUT2D eigenvalue weighted by atomic mass is 32.2. The third-order valence-electron chi connectivity index (χ3n) is 2.28. The highest BCUT2D eigenvalue weighted by Gasteiger charge is 2.04. The van der Waals surface area contributed by atoms with Crippen LogP contribution in [0.25, 0.3) is 0 Å². The predicted molar refractivity (Wildman–Crippen MR) is 69.2 cm³/mol. The largest absolute Gasteiger partial charge is 0.439 e. The normalized spacial score (nSPS) is 12.6. The summed E-state index contributed by atoms with van der Waals surface area (Å²) in [5.74, 6) is 0. The molecule has 17 heavy (non-hydrogen) atoms. The Morgan fingerprint density at radius 2 is 2.06 bits per heavy atom. The minimum atomic E-state index is 0.197. The van der Waals surface area contributed by atoms with Crippen molar-refractivity contribution in [3.8, 4) is 0 Å². The standard InChI is InChI=1S/C13H16N2OS/c1-9(14)7-11-3-5-12(6-4-11)17-13-15-10(2)8-16-13/h3-6,8-9H,7,14H2,1-2H3. The fraction of sp³-hybridized carbons (Fsp3) is 0.308. The van der Waals surface area contributed by atoms with E-state index in [1.165, 1.54) is 17.3 Å². The predicted octanol–water partition coefficient (Wildman–Crippen LogP) is 3.02. The molecule has 2 aromatic rings. The van der Waals surface area contributed by atoms with Crippen molar-refractivity contribution in [2.75, 3.05) is 0 Å². The Kier molecular flexibility index (Phi) is 3.86. The maximum atomic E-state index is 5.76. The molecule has 0 spiro atoms. The van der Waals surface area contributed by atoms with Gasteiger partial charge in [-0.3, -0.25) is 0 Å². The number of benzene rings is 1. The van der Waals surface area contributed by atoms with Gasteiger partial charge in [0.25, 0.3) is 5.22 Å². The van der Waals surface area contributed by atoms with Gasteiger partial charge in [0.1, 0.15) is 6.26 Å². The van der Waals surface area contributed by atoms with Gasteiger partial charge in [0.05, 0.1) is 5.69 Å². The minimum absolute atomic E-state index is 0.197. The quantitative estimate of drug-likeness (QED) is 0.903. The van der Waals surface area contributed by atoms with Crippen LogP contribution < -0.4 is 5.73 Å². The maximum Gasteiger partial charge on any atom is 0.260 e. The molecular weight excluding hydrogens is 232 g/mol. The van der Waals surface area contributed by atoms with Gasteiger partial charge < -0.3 is 10.2 Å². The summed E-state index contributed by atoms with van der Waals surface area (Å²) < 4.78 is 5.29. The van der Waals surface area contributed by atoms with Crippen LogP contribution in [0.15, 0.2) is 45.1 Å². The number of hydrogen-bond acceptors (Lipinski definition) is 4. The second-order valence-corrected chi connectivity index (χ2v) is 5.21. The topological polar surface area (TPSA) is 52.0 Å². The highest BCUT2D eigenvalue weighted by molar-refractivity contribution is 7.99. The van der Waals surface area contributed by atoms with Gasteiger partial charge in [-0.05, 0) is 49.7 Å². The van der Waals surface area contributed by atoms with Gasteiger partial charge in [0.15, 0.2) is 0 Å². The molecule has 0 aliphatic rings. The van der Waals surface area contributed by atoms with Crippen molar-refractivity contribution in [3.63, 3.8) is 0 Å². The molecule has 2 N–H and O–H groups in total. The van der Waals surface area contributed by atoms with Crippen LogP contribution in [0, 0.1) is 6.92 Å². The summed E-state index contributed by atoms with van der Waals surface area (Å²) in [5, 5.41) is 0.683. The average Bonchev–Trinajstić information content (AvgIpc) is 2.66. The van der Waals surface area contributed by atoms with Gasteiger partial charge in [-0.1, -0.05) is 12.1 Å². The molecule has 0 fully saturated rings. The monoisotopic (exact) mass is 248 g/mol. The van der Waals surface area contributed by atoms with E-state index < -0.39 is 0 Å². The molecule has 90 valence electrons. The number of hydrogen-bond donors (Lipinski definition) is 1. The molecule has 0 radical (unpaired) electrons. The van der Waals surface area contributed by atoms with Crippen molar-refractivity contribution < 1.29 is 4.42 Å². The van der Waals surface area contributed by atoms with Crippen molar-refractivity contribution in [2.45, 2.75) is 36.4 Å². The van der Waals surface area contributed by atoms with E-state index in [1.54, 1.807) is 6.26 Å². The van der Waals surface area contributed by atoms with Gasteiger partial charge in [-0.25, -0.2) is 4.98 Å². The van der Waals surface area contributed by atoms with Crippen molar-refractivity contribution in [1.82, 2.24) is 4.98 Å². The SMILES string of the molecule is Cc1coc(Sc2ccc(CC(C)N)cc2)n1. The van der Waals surface area contributed by atoms with E-state index in [-0.39, 0.29) is 6.04 Å². The van der Waals surface area contributed by atoms with Crippen molar-refractivity contribution >= 4 is 11.8 Å². The van der Waals surface area contributed by atoms with E-state index in [1.807, 2.05) is 13.8 Å². The lowest BCUT2D eigenvalue weighted by Crippen LogP contribution is -2.17. The Labute approximate surface area is 105 Å². The number of aryl methyl sites for hydroxylation is 1. The number of nitrogens with two attached hydrogens (primary N) is 1. The number of nitrogens with zero attached hydrogens (tertiary/aromatic N) is 1. The molecule has 0 amide bonds. The van der Waals surface area contributed by atoms with E-state index in [0.29, 0.717) is 5.22 Å². The van der Waals surface area contributed by atoms with Crippen molar-refractivity contribution in [1.29, 1.82) is 0 Å². The molecule has 0 aliphatic carbocycles. The van der Waals surface area contributed by atoms with Gasteiger partial charge in [-0.15, -0.1) is 0 Å². The Balaban J connectivity index is 2.03. The fourth-order valence-electron chi connectivity index (χ4n) is 1.55. The van der Waals surface area contributed by atoms with Crippen molar-refractivity contribution in [2.24, 2.45) is 5.73 Å². The Morgan fingerprint density at radius 3 is 2.59 bits per heavy atom. The molecule has 1 unspecified atom stereocenters. The molecule has 0 aliphatic heterocycles. The molecule has 1 heterocycles. The highest BCUT2D eigenvalue weighted by Crippen LogP contribution is 2.26. The first-order chi connectivity index (χ1) is 8.13. The van der Waals surface area contributed by atoms with Crippen LogP contribution in [-0.2, 0) is 6.42 Å². The lowest BCUT2D eigenvalue weighted by atomic mass is 10.1. The van der Waals surface area contributed by atoms with Crippen LogP contribution in [0.3, 0.4) is 0 Å². The van der Waals surface area contributed by atoms with E-state index in [4.69, 9.17) is 10.2 Å². The second kappa shape index (κ2) is 5.38. The summed E-state index contributed by atoms with van der Waals surface area (Å²) in [7, 11) is 0. The van der Waals surface area contributed by atoms with E-state index in [0.717, 1.165) is 17.0 Å². The van der Waals surface area contributed by atoms with Crippen LogP contribution in [0.4, 0.5) is 0 Å². The van der Waals surface area contributed by atoms with Crippen molar-refractivity contribution in [3.05, 3.63) is 41.8 Å². The number of oxazole rings is 1. The molecule has 2 rings (SSSR count). The van der Waals surface area contributed by atoms with Gasteiger partial charge in [-0.2, -0.15) is 0 Å². The summed E-state index contributed by atoms with van der Waals surface area (Å²) in [6, 6.07) is 8.54. The first-order valence-corrected chi connectivity index (χ1v) is 6.39. The van der Waals surface area contributed by atoms with Crippen LogP contribution in [0.5, 0.6) is 0 Å². The van der Waals surface area contributed by atoms with E-state index >= 15 is 0 Å². The van der Waals surface area contributed by atoms with Crippen LogP contribution in [0.2, 0.25) is 0 Å². The van der Waals surface area contributed by atoms with Crippen LogP contribution in [-0.4, -0.2) is 11.0 Å². The third-order valence-corrected chi connectivity index (χ3v) is 3.15. The summed E-state index contributed by atoms with van der Waals surface area (Å²) in [6.45, 7) is 3.93. The Hall–Kier alpha value is -1.26. The third kappa shape index (κ3) is 3.61. The smallest absolute Gasteiger partial charge is 0.260 e. The lowest BCUT2D eigenvalue weighted by molar-refractivity contribution is 0.454. The minimum Gasteiger partial charge on any atom is -0.439 e. The second-order valence-electron chi connectivity index (χ2n) is 4.18. The maximum absolute atomic E-state index is 5.76. The van der Waals surface area contributed by atoms with E-state index in [2.05, 4.69) is 29.2 Å². The first kappa shape index (κ1) is 12.2. The van der Waals surface area contributed by atoms with Gasteiger partial charge in [0.2, 0.25) is 0 Å². The van der Waals surface area contributed by atoms with E-state index in [9.17, 15) is 0 Å². The molecular formula is C13H16N2OS. The van der Waals surface area contributed by atoms with Crippen LogP contribution >= 0.6 is 11.8 Å². The molecule has 0 saturated heterocycles. The van der Waals surface area contributed by atoms with Gasteiger partial charge in [0, 0.05) is 10.9 Å². The average molecular weight is 248 g/mol. The summed E-state index contributed by atoms with van der Waals surface area (Å²) in [4.78, 5) is 5.38. The number of aromatic nitrogens is 1. The fourth-order valence-corrected chi connectivity index (χ4v) is 2.31. The zero-order chi connectivity index (χ0) is 12.3. The zero-order valence-electron chi connectivity index (χ0n) is 10.0. The molecule has 3 nitrogen and oxygen atoms in total.